The fourth-order valence-electron chi connectivity index (χ4n) is 9.44. The van der Waals surface area contributed by atoms with E-state index in [1.54, 1.807) is 11.1 Å². The topological polar surface area (TPSA) is 0 Å². The van der Waals surface area contributed by atoms with Crippen molar-refractivity contribution in [2.75, 3.05) is 0 Å². The third-order valence-electron chi connectivity index (χ3n) is 11.9. The molecule has 8 rings (SSSR count). The molecule has 0 aliphatic heterocycles. The number of hydrogen-bond acceptors (Lipinski definition) is 0. The normalized spacial score (nSPS) is 17.1. The van der Waals surface area contributed by atoms with Gasteiger partial charge in [-0.2, -0.15) is 0 Å². The summed E-state index contributed by atoms with van der Waals surface area (Å²) in [6, 6.07) is 48.4. The van der Waals surface area contributed by atoms with Gasteiger partial charge in [0.05, 0.1) is 0 Å². The third-order valence-corrected chi connectivity index (χ3v) is 69.9. The van der Waals surface area contributed by atoms with Crippen LogP contribution in [0.5, 0.6) is 0 Å². The Bertz CT molecular complexity index is 2150. The van der Waals surface area contributed by atoms with Gasteiger partial charge in [-0.05, 0) is 0 Å². The van der Waals surface area contributed by atoms with Crippen LogP contribution in [0, 0.1) is 0 Å². The maximum atomic E-state index is 2.87. The molecule has 0 heterocycles. The summed E-state index contributed by atoms with van der Waals surface area (Å²) in [5, 5.41) is 5.23. The first-order chi connectivity index (χ1) is 22.4. The Morgan fingerprint density at radius 1 is 0.500 bits per heavy atom. The molecule has 2 unspecified atom stereocenters. The molecule has 0 nitrogen and oxygen atoms in total. The Morgan fingerprint density at radius 2 is 0.935 bits per heavy atom. The van der Waals surface area contributed by atoms with E-state index in [9.17, 15) is 0 Å². The summed E-state index contributed by atoms with van der Waals surface area (Å²) in [5.74, 6) is 0. The van der Waals surface area contributed by atoms with Gasteiger partial charge >= 0.3 is 277 Å². The minimum absolute atomic E-state index is 0.547. The zero-order chi connectivity index (χ0) is 31.5. The van der Waals surface area contributed by atoms with Crippen LogP contribution in [0.25, 0.3) is 56.0 Å². The van der Waals surface area contributed by atoms with Gasteiger partial charge in [-0.3, -0.25) is 0 Å². The Hall–Kier alpha value is -3.59. The molecule has 2 aliphatic rings. The van der Waals surface area contributed by atoms with Crippen LogP contribution in [-0.2, 0) is 17.1 Å². The molecule has 0 N–H and O–H groups in total. The van der Waals surface area contributed by atoms with Crippen LogP contribution >= 0.6 is 0 Å². The van der Waals surface area contributed by atoms with E-state index in [1.165, 1.54) is 67.0 Å². The van der Waals surface area contributed by atoms with Crippen molar-refractivity contribution in [1.29, 1.82) is 0 Å². The number of benzene rings is 6. The third kappa shape index (κ3) is 4.48. The van der Waals surface area contributed by atoms with Gasteiger partial charge < -0.3 is 0 Å². The summed E-state index contributed by atoms with van der Waals surface area (Å²) in [4.78, 5) is 0. The zero-order valence-corrected chi connectivity index (χ0v) is 32.0. The van der Waals surface area contributed by atoms with Crippen molar-refractivity contribution in [3.05, 3.63) is 156 Å². The van der Waals surface area contributed by atoms with Crippen LogP contribution in [0.4, 0.5) is 0 Å². The van der Waals surface area contributed by atoms with Crippen molar-refractivity contribution in [2.45, 2.75) is 42.6 Å². The van der Waals surface area contributed by atoms with E-state index in [0.717, 1.165) is 0 Å². The summed E-state index contributed by atoms with van der Waals surface area (Å²) >= 11 is -3.85. The second-order valence-corrected chi connectivity index (χ2v) is 60.7. The van der Waals surface area contributed by atoms with E-state index in [-0.39, 0.29) is 0 Å². The zero-order valence-electron chi connectivity index (χ0n) is 27.4. The molecule has 226 valence electrons. The molecule has 0 fully saturated rings. The molecule has 6 aromatic carbocycles. The molecule has 0 amide bonds. The second kappa shape index (κ2) is 11.3. The Morgan fingerprint density at radius 3 is 1.37 bits per heavy atom. The predicted octanol–water partition coefficient (Wildman–Crippen LogP) is 13.0. The minimum atomic E-state index is -3.85. The monoisotopic (exact) mass is 778 g/mol. The number of fused-ring (bicyclic) bond motifs is 4. The molecular formula is C44H42HfSi. The van der Waals surface area contributed by atoms with Gasteiger partial charge in [-0.1, -0.05) is 0 Å². The van der Waals surface area contributed by atoms with Crippen LogP contribution in [0.15, 0.2) is 133 Å². The predicted molar refractivity (Wildman–Crippen MR) is 201 cm³/mol. The van der Waals surface area contributed by atoms with Crippen LogP contribution in [0.1, 0.15) is 43.5 Å². The van der Waals surface area contributed by atoms with Gasteiger partial charge in [0, 0.05) is 0 Å². The summed E-state index contributed by atoms with van der Waals surface area (Å²) in [6.45, 7) is 4.99. The van der Waals surface area contributed by atoms with Crippen molar-refractivity contribution in [3.63, 3.8) is 0 Å². The average Bonchev–Trinajstić information content (AvgIpc) is 3.75. The molecule has 2 atom stereocenters. The number of rotatable bonds is 6. The van der Waals surface area contributed by atoms with Crippen LogP contribution in [0.3, 0.4) is 0 Å². The molecule has 0 saturated heterocycles. The first-order valence-corrected chi connectivity index (χ1v) is 35.7. The average molecular weight is 777 g/mol. The van der Waals surface area contributed by atoms with Crippen molar-refractivity contribution in [1.82, 2.24) is 0 Å². The fourth-order valence-corrected chi connectivity index (χ4v) is 65.7. The first-order valence-electron chi connectivity index (χ1n) is 17.1. The Balaban J connectivity index is 1.28. The van der Waals surface area contributed by atoms with Crippen molar-refractivity contribution < 1.29 is 17.1 Å². The van der Waals surface area contributed by atoms with Crippen LogP contribution < -0.4 is 0 Å². The van der Waals surface area contributed by atoms with Crippen LogP contribution in [0.2, 0.25) is 21.4 Å². The van der Waals surface area contributed by atoms with Gasteiger partial charge in [0.2, 0.25) is 0 Å². The van der Waals surface area contributed by atoms with Gasteiger partial charge in [0.1, 0.15) is 0 Å². The summed E-state index contributed by atoms with van der Waals surface area (Å²) < 4.78 is 6.84. The molecule has 46 heavy (non-hydrogen) atoms. The molecule has 6 aromatic rings. The Labute approximate surface area is 275 Å². The van der Waals surface area contributed by atoms with Gasteiger partial charge in [0.25, 0.3) is 0 Å². The second-order valence-electron chi connectivity index (χ2n) is 14.3. The van der Waals surface area contributed by atoms with E-state index in [4.69, 9.17) is 0 Å². The summed E-state index contributed by atoms with van der Waals surface area (Å²) in [7, 11) is 0. The molecule has 2 aliphatic carbocycles. The van der Waals surface area contributed by atoms with E-state index >= 15 is 0 Å². The quantitative estimate of drug-likeness (QED) is 0.148. The van der Waals surface area contributed by atoms with Crippen LogP contribution in [-0.4, -0.2) is 5.49 Å². The molecule has 0 aromatic heterocycles. The number of hydrogen-bond donors (Lipinski definition) is 0. The van der Waals surface area contributed by atoms with Crippen molar-refractivity contribution in [2.24, 2.45) is 0 Å². The first kappa shape index (κ1) is 29.8. The van der Waals surface area contributed by atoms with Gasteiger partial charge in [-0.15, -0.1) is 0 Å². The molecule has 0 bridgehead atoms. The summed E-state index contributed by atoms with van der Waals surface area (Å²) in [5.41, 5.74) is 10.9. The Kier molecular flexibility index (Phi) is 7.31. The standard InChI is InChI=1S/2C19H13.C4H10Si.2CH3.Hf/c2*1-2-6-16-13-17(12-11-14(16)5-1)19-10-4-8-15-7-3-9-18(15)19;1-3-5-4-2;;;/h2*1-13H;3-4H2,1-2H3;2*1H3;. The molecule has 0 radical (unpaired) electrons. The molecule has 0 saturated carbocycles. The molecular weight excluding hydrogens is 735 g/mol. The SMILES string of the molecule is CC[Si](CC)=[Hf]([CH3])([CH3])([CH]1C=Cc2c(-c3ccc4ccccc4c3)cccc21)[CH]1C=Cc2c(-c3ccc4ccccc4c3)cccc21. The molecule has 2 heteroatoms. The number of allylic oxidation sites excluding steroid dienone is 2. The van der Waals surface area contributed by atoms with E-state index in [2.05, 4.69) is 169 Å². The maximum absolute atomic E-state index is 3.85. The fraction of sp³-hybridized carbons (Fsp3) is 0.182. The van der Waals surface area contributed by atoms with Gasteiger partial charge in [-0.25, -0.2) is 0 Å². The van der Waals surface area contributed by atoms with Crippen molar-refractivity contribution in [3.8, 4) is 22.3 Å². The molecule has 0 spiro atoms. The van der Waals surface area contributed by atoms with E-state index < -0.39 is 22.6 Å². The van der Waals surface area contributed by atoms with E-state index in [1.807, 2.05) is 0 Å². The van der Waals surface area contributed by atoms with Gasteiger partial charge in [0.15, 0.2) is 0 Å². The summed E-state index contributed by atoms with van der Waals surface area (Å²) in [6.07, 6.45) is 10.3. The van der Waals surface area contributed by atoms with Crippen molar-refractivity contribution >= 4 is 39.2 Å². The van der Waals surface area contributed by atoms with E-state index in [0.29, 0.717) is 7.35 Å².